The quantitative estimate of drug-likeness (QED) is 0.609. The van der Waals surface area contributed by atoms with Crippen molar-refractivity contribution in [1.82, 2.24) is 4.98 Å². The van der Waals surface area contributed by atoms with Gasteiger partial charge in [0.1, 0.15) is 0 Å². The van der Waals surface area contributed by atoms with E-state index in [1.165, 1.54) is 0 Å². The Hall–Kier alpha value is -3.08. The van der Waals surface area contributed by atoms with Gasteiger partial charge in [-0.2, -0.15) is 0 Å². The average molecular weight is 320 g/mol. The number of fused-ring (bicyclic) bond motifs is 1. The first-order chi connectivity index (χ1) is 11.7. The number of nitrogens with one attached hydrogen (secondary N) is 1. The van der Waals surface area contributed by atoms with Gasteiger partial charge in [-0.05, 0) is 30.5 Å². The SMILES string of the molecule is NC(=O)c1ccccc1CCCNc1c(N)cnc2ccccc12. The van der Waals surface area contributed by atoms with E-state index >= 15 is 0 Å². The summed E-state index contributed by atoms with van der Waals surface area (Å²) in [5.74, 6) is -0.386. The zero-order valence-electron chi connectivity index (χ0n) is 13.3. The van der Waals surface area contributed by atoms with Crippen LogP contribution in [-0.4, -0.2) is 17.4 Å². The molecule has 0 aliphatic heterocycles. The second-order valence-corrected chi connectivity index (χ2v) is 5.66. The smallest absolute Gasteiger partial charge is 0.248 e. The van der Waals surface area contributed by atoms with Crippen molar-refractivity contribution in [1.29, 1.82) is 0 Å². The molecule has 2 aromatic carbocycles. The Labute approximate surface area is 140 Å². The third-order valence-electron chi connectivity index (χ3n) is 4.01. The number of nitrogens with two attached hydrogens (primary N) is 2. The molecule has 0 spiro atoms. The molecule has 122 valence electrons. The Kier molecular flexibility index (Phi) is 4.61. The van der Waals surface area contributed by atoms with E-state index in [1.807, 2.05) is 42.5 Å². The van der Waals surface area contributed by atoms with Crippen molar-refractivity contribution in [2.45, 2.75) is 12.8 Å². The first kappa shape index (κ1) is 15.8. The third-order valence-corrected chi connectivity index (χ3v) is 4.01. The number of carbonyl (C=O) groups is 1. The second kappa shape index (κ2) is 7.00. The van der Waals surface area contributed by atoms with Gasteiger partial charge in [-0.1, -0.05) is 36.4 Å². The number of primary amides is 1. The molecule has 1 aromatic heterocycles. The molecule has 1 amide bonds. The first-order valence-corrected chi connectivity index (χ1v) is 7.91. The molecule has 0 atom stereocenters. The molecule has 1 heterocycles. The van der Waals surface area contributed by atoms with Crippen LogP contribution in [0.3, 0.4) is 0 Å². The van der Waals surface area contributed by atoms with E-state index in [1.54, 1.807) is 12.3 Å². The Balaban J connectivity index is 1.68. The number of nitrogen functional groups attached to an aromatic ring is 1. The molecule has 0 radical (unpaired) electrons. The summed E-state index contributed by atoms with van der Waals surface area (Å²) < 4.78 is 0. The monoisotopic (exact) mass is 320 g/mol. The van der Waals surface area contributed by atoms with Crippen LogP contribution in [0, 0.1) is 0 Å². The predicted octanol–water partition coefficient (Wildman–Crippen LogP) is 2.96. The fourth-order valence-corrected chi connectivity index (χ4v) is 2.82. The fourth-order valence-electron chi connectivity index (χ4n) is 2.82. The number of carbonyl (C=O) groups excluding carboxylic acids is 1. The van der Waals surface area contributed by atoms with Gasteiger partial charge in [0.05, 0.1) is 23.1 Å². The summed E-state index contributed by atoms with van der Waals surface area (Å²) in [6.07, 6.45) is 3.31. The number of benzene rings is 2. The van der Waals surface area contributed by atoms with E-state index < -0.39 is 0 Å². The lowest BCUT2D eigenvalue weighted by Crippen LogP contribution is -2.14. The van der Waals surface area contributed by atoms with E-state index in [0.29, 0.717) is 11.3 Å². The molecular formula is C19H20N4O. The van der Waals surface area contributed by atoms with Crippen LogP contribution in [0.5, 0.6) is 0 Å². The molecule has 24 heavy (non-hydrogen) atoms. The van der Waals surface area contributed by atoms with Crippen molar-refractivity contribution >= 4 is 28.2 Å². The minimum Gasteiger partial charge on any atom is -0.396 e. The van der Waals surface area contributed by atoms with Crippen LogP contribution in [0.2, 0.25) is 0 Å². The van der Waals surface area contributed by atoms with Crippen LogP contribution >= 0.6 is 0 Å². The molecule has 0 aliphatic carbocycles. The third kappa shape index (κ3) is 3.30. The number of amides is 1. The van der Waals surface area contributed by atoms with Crippen LogP contribution in [-0.2, 0) is 6.42 Å². The second-order valence-electron chi connectivity index (χ2n) is 5.66. The highest BCUT2D eigenvalue weighted by Crippen LogP contribution is 2.27. The van der Waals surface area contributed by atoms with E-state index in [2.05, 4.69) is 10.3 Å². The van der Waals surface area contributed by atoms with Crippen molar-refractivity contribution in [3.8, 4) is 0 Å². The topological polar surface area (TPSA) is 94.0 Å². The molecule has 0 unspecified atom stereocenters. The van der Waals surface area contributed by atoms with E-state index in [0.717, 1.165) is 41.5 Å². The zero-order valence-corrected chi connectivity index (χ0v) is 13.3. The fraction of sp³-hybridized carbons (Fsp3) is 0.158. The Morgan fingerprint density at radius 2 is 1.83 bits per heavy atom. The highest BCUT2D eigenvalue weighted by atomic mass is 16.1. The molecule has 0 saturated heterocycles. The molecule has 5 N–H and O–H groups in total. The maximum absolute atomic E-state index is 11.5. The van der Waals surface area contributed by atoms with E-state index in [4.69, 9.17) is 11.5 Å². The van der Waals surface area contributed by atoms with Crippen LogP contribution in [0.15, 0.2) is 54.7 Å². The zero-order chi connectivity index (χ0) is 16.9. The summed E-state index contributed by atoms with van der Waals surface area (Å²) in [4.78, 5) is 15.8. The van der Waals surface area contributed by atoms with Crippen LogP contribution in [0.4, 0.5) is 11.4 Å². The lowest BCUT2D eigenvalue weighted by atomic mass is 10.0. The van der Waals surface area contributed by atoms with Crippen molar-refractivity contribution in [3.05, 3.63) is 65.9 Å². The lowest BCUT2D eigenvalue weighted by Gasteiger charge is -2.12. The highest BCUT2D eigenvalue weighted by Gasteiger charge is 2.08. The standard InChI is InChI=1S/C19H20N4O/c20-16-12-23-17-10-4-3-9-15(17)18(16)22-11-5-7-13-6-1-2-8-14(13)19(21)24/h1-4,6,8-10,12H,5,7,11,20H2,(H2,21,24)(H,22,23). The van der Waals surface area contributed by atoms with Crippen molar-refractivity contribution in [2.24, 2.45) is 5.73 Å². The molecule has 5 heteroatoms. The van der Waals surface area contributed by atoms with Gasteiger partial charge in [0.15, 0.2) is 0 Å². The number of pyridine rings is 1. The first-order valence-electron chi connectivity index (χ1n) is 7.91. The van der Waals surface area contributed by atoms with Gasteiger partial charge in [0.2, 0.25) is 5.91 Å². The van der Waals surface area contributed by atoms with Gasteiger partial charge in [-0.15, -0.1) is 0 Å². The van der Waals surface area contributed by atoms with Crippen LogP contribution in [0.25, 0.3) is 10.9 Å². The number of hydrogen-bond acceptors (Lipinski definition) is 4. The molecule has 3 rings (SSSR count). The number of nitrogens with zero attached hydrogens (tertiary/aromatic N) is 1. The normalized spacial score (nSPS) is 10.7. The summed E-state index contributed by atoms with van der Waals surface area (Å²) in [6.45, 7) is 0.741. The molecule has 0 bridgehead atoms. The van der Waals surface area contributed by atoms with Gasteiger partial charge in [-0.25, -0.2) is 0 Å². The van der Waals surface area contributed by atoms with E-state index in [9.17, 15) is 4.79 Å². The maximum atomic E-state index is 11.5. The number of aryl methyl sites for hydroxylation is 1. The summed E-state index contributed by atoms with van der Waals surface area (Å²) in [5.41, 5.74) is 15.5. The van der Waals surface area contributed by atoms with Gasteiger partial charge in [-0.3, -0.25) is 9.78 Å². The minimum absolute atomic E-state index is 0.386. The molecule has 0 fully saturated rings. The van der Waals surface area contributed by atoms with Crippen LogP contribution in [0.1, 0.15) is 22.3 Å². The molecule has 0 aliphatic rings. The Morgan fingerprint density at radius 1 is 1.08 bits per heavy atom. The van der Waals surface area contributed by atoms with Gasteiger partial charge in [0, 0.05) is 17.5 Å². The Morgan fingerprint density at radius 3 is 2.67 bits per heavy atom. The minimum atomic E-state index is -0.386. The number of anilines is 2. The van der Waals surface area contributed by atoms with Crippen molar-refractivity contribution in [3.63, 3.8) is 0 Å². The van der Waals surface area contributed by atoms with Gasteiger partial charge >= 0.3 is 0 Å². The van der Waals surface area contributed by atoms with Gasteiger partial charge in [0.25, 0.3) is 0 Å². The predicted molar refractivity (Wildman–Crippen MR) is 97.9 cm³/mol. The molecule has 0 saturated carbocycles. The molecule has 3 aromatic rings. The molecule has 5 nitrogen and oxygen atoms in total. The van der Waals surface area contributed by atoms with E-state index in [-0.39, 0.29) is 5.91 Å². The highest BCUT2D eigenvalue weighted by molar-refractivity contribution is 5.97. The number of rotatable bonds is 6. The number of hydrogen-bond donors (Lipinski definition) is 3. The van der Waals surface area contributed by atoms with Crippen LogP contribution < -0.4 is 16.8 Å². The molecular weight excluding hydrogens is 300 g/mol. The van der Waals surface area contributed by atoms with Crippen molar-refractivity contribution < 1.29 is 4.79 Å². The Bertz CT molecular complexity index is 876. The summed E-state index contributed by atoms with van der Waals surface area (Å²) in [7, 11) is 0. The van der Waals surface area contributed by atoms with Crippen molar-refractivity contribution in [2.75, 3.05) is 17.6 Å². The maximum Gasteiger partial charge on any atom is 0.248 e. The lowest BCUT2D eigenvalue weighted by molar-refractivity contribution is 0.0999. The summed E-state index contributed by atoms with van der Waals surface area (Å²) in [6, 6.07) is 15.3. The summed E-state index contributed by atoms with van der Waals surface area (Å²) in [5, 5.41) is 4.40. The average Bonchev–Trinajstić information content (AvgIpc) is 2.60. The van der Waals surface area contributed by atoms with Gasteiger partial charge < -0.3 is 16.8 Å². The number of aromatic nitrogens is 1. The summed E-state index contributed by atoms with van der Waals surface area (Å²) >= 11 is 0. The number of para-hydroxylation sites is 1. The largest absolute Gasteiger partial charge is 0.396 e.